The molecule has 0 saturated carbocycles. The van der Waals surface area contributed by atoms with Crippen molar-refractivity contribution in [2.75, 3.05) is 5.75 Å². The standard InChI is InChI=1S/C17H17ClFNOS/c1-12(13-2-4-14(18)5-3-13)20-17(21)10-11-22-16-8-6-15(19)7-9-16/h2-9,12H,10-11H2,1H3,(H,20,21). The second-order valence-corrected chi connectivity index (χ2v) is 6.50. The van der Waals surface area contributed by atoms with Crippen LogP contribution in [0, 0.1) is 5.82 Å². The molecule has 116 valence electrons. The zero-order chi connectivity index (χ0) is 15.9. The van der Waals surface area contributed by atoms with Crippen molar-refractivity contribution in [3.63, 3.8) is 0 Å². The molecule has 0 spiro atoms. The molecular weight excluding hydrogens is 321 g/mol. The van der Waals surface area contributed by atoms with E-state index in [0.29, 0.717) is 17.2 Å². The Kier molecular flexibility index (Phi) is 6.28. The van der Waals surface area contributed by atoms with Gasteiger partial charge in [0.25, 0.3) is 0 Å². The van der Waals surface area contributed by atoms with Gasteiger partial charge in [-0.1, -0.05) is 23.7 Å². The van der Waals surface area contributed by atoms with Crippen LogP contribution in [0.15, 0.2) is 53.4 Å². The first kappa shape index (κ1) is 16.8. The fourth-order valence-corrected chi connectivity index (χ4v) is 2.92. The van der Waals surface area contributed by atoms with Gasteiger partial charge in [-0.3, -0.25) is 4.79 Å². The van der Waals surface area contributed by atoms with E-state index >= 15 is 0 Å². The Morgan fingerprint density at radius 2 is 1.82 bits per heavy atom. The number of benzene rings is 2. The number of hydrogen-bond acceptors (Lipinski definition) is 2. The molecule has 5 heteroatoms. The lowest BCUT2D eigenvalue weighted by molar-refractivity contribution is -0.121. The van der Waals surface area contributed by atoms with Crippen LogP contribution in [0.4, 0.5) is 4.39 Å². The van der Waals surface area contributed by atoms with Crippen LogP contribution in [-0.4, -0.2) is 11.7 Å². The molecule has 0 fully saturated rings. The summed E-state index contributed by atoms with van der Waals surface area (Å²) in [5.74, 6) is 0.404. The lowest BCUT2D eigenvalue weighted by Gasteiger charge is -2.14. The number of nitrogens with one attached hydrogen (secondary N) is 1. The zero-order valence-corrected chi connectivity index (χ0v) is 13.8. The lowest BCUT2D eigenvalue weighted by Crippen LogP contribution is -2.26. The van der Waals surface area contributed by atoms with Gasteiger partial charge in [0.15, 0.2) is 0 Å². The predicted octanol–water partition coefficient (Wildman–Crippen LogP) is 4.84. The lowest BCUT2D eigenvalue weighted by atomic mass is 10.1. The topological polar surface area (TPSA) is 29.1 Å². The molecule has 1 amide bonds. The van der Waals surface area contributed by atoms with Crippen molar-refractivity contribution >= 4 is 29.3 Å². The molecule has 1 unspecified atom stereocenters. The van der Waals surface area contributed by atoms with E-state index in [9.17, 15) is 9.18 Å². The first-order valence-corrected chi connectivity index (χ1v) is 8.34. The van der Waals surface area contributed by atoms with E-state index in [1.54, 1.807) is 12.1 Å². The molecule has 0 heterocycles. The normalized spacial score (nSPS) is 12.0. The highest BCUT2D eigenvalue weighted by molar-refractivity contribution is 7.99. The van der Waals surface area contributed by atoms with Gasteiger partial charge in [0, 0.05) is 22.1 Å². The summed E-state index contributed by atoms with van der Waals surface area (Å²) in [5, 5.41) is 3.63. The van der Waals surface area contributed by atoms with Gasteiger partial charge in [-0.15, -0.1) is 11.8 Å². The van der Waals surface area contributed by atoms with Crippen molar-refractivity contribution in [2.45, 2.75) is 24.3 Å². The molecule has 1 atom stereocenters. The molecule has 0 bridgehead atoms. The number of carbonyl (C=O) groups excluding carboxylic acids is 1. The maximum absolute atomic E-state index is 12.8. The molecule has 22 heavy (non-hydrogen) atoms. The maximum atomic E-state index is 12.8. The minimum Gasteiger partial charge on any atom is -0.350 e. The summed E-state index contributed by atoms with van der Waals surface area (Å²) in [6, 6.07) is 13.6. The van der Waals surface area contributed by atoms with Crippen molar-refractivity contribution in [1.82, 2.24) is 5.32 Å². The van der Waals surface area contributed by atoms with Crippen LogP contribution in [0.3, 0.4) is 0 Å². The van der Waals surface area contributed by atoms with Crippen molar-refractivity contribution in [2.24, 2.45) is 0 Å². The summed E-state index contributed by atoms with van der Waals surface area (Å²) in [7, 11) is 0. The third-order valence-corrected chi connectivity index (χ3v) is 4.42. The first-order chi connectivity index (χ1) is 10.5. The van der Waals surface area contributed by atoms with Gasteiger partial charge in [-0.05, 0) is 48.9 Å². The summed E-state index contributed by atoms with van der Waals surface area (Å²) in [4.78, 5) is 12.9. The van der Waals surface area contributed by atoms with Gasteiger partial charge < -0.3 is 5.32 Å². The Morgan fingerprint density at radius 1 is 1.18 bits per heavy atom. The number of hydrogen-bond donors (Lipinski definition) is 1. The number of carbonyl (C=O) groups is 1. The second-order valence-electron chi connectivity index (χ2n) is 4.89. The molecule has 0 radical (unpaired) electrons. The van der Waals surface area contributed by atoms with Crippen LogP contribution >= 0.6 is 23.4 Å². The van der Waals surface area contributed by atoms with Gasteiger partial charge in [0.05, 0.1) is 6.04 Å². The molecule has 0 aliphatic carbocycles. The molecule has 2 aromatic carbocycles. The number of amides is 1. The number of halogens is 2. The Morgan fingerprint density at radius 3 is 2.45 bits per heavy atom. The summed E-state index contributed by atoms with van der Waals surface area (Å²) in [6.07, 6.45) is 0.417. The highest BCUT2D eigenvalue weighted by Crippen LogP contribution is 2.19. The second kappa shape index (κ2) is 8.20. The fourth-order valence-electron chi connectivity index (χ4n) is 1.94. The van der Waals surface area contributed by atoms with E-state index in [1.807, 2.05) is 31.2 Å². The van der Waals surface area contributed by atoms with Crippen molar-refractivity contribution in [3.8, 4) is 0 Å². The highest BCUT2D eigenvalue weighted by Gasteiger charge is 2.09. The minimum atomic E-state index is -0.251. The van der Waals surface area contributed by atoms with Crippen LogP contribution < -0.4 is 5.32 Å². The van der Waals surface area contributed by atoms with Crippen LogP contribution in [0.5, 0.6) is 0 Å². The van der Waals surface area contributed by atoms with Gasteiger partial charge >= 0.3 is 0 Å². The third kappa shape index (κ3) is 5.35. The highest BCUT2D eigenvalue weighted by atomic mass is 35.5. The average molecular weight is 338 g/mol. The summed E-state index contributed by atoms with van der Waals surface area (Å²) in [5.41, 5.74) is 1.02. The molecule has 2 aromatic rings. The summed E-state index contributed by atoms with van der Waals surface area (Å²) in [6.45, 7) is 1.94. The van der Waals surface area contributed by atoms with Gasteiger partial charge in [0.1, 0.15) is 5.82 Å². The van der Waals surface area contributed by atoms with E-state index < -0.39 is 0 Å². The Hall–Kier alpha value is -1.52. The smallest absolute Gasteiger partial charge is 0.221 e. The molecule has 0 aromatic heterocycles. The van der Waals surface area contributed by atoms with Crippen molar-refractivity contribution in [1.29, 1.82) is 0 Å². The Labute approximate surface area is 139 Å². The number of thioether (sulfide) groups is 1. The Balaban J connectivity index is 1.75. The van der Waals surface area contributed by atoms with E-state index in [4.69, 9.17) is 11.6 Å². The Bertz CT molecular complexity index is 616. The van der Waals surface area contributed by atoms with E-state index in [1.165, 1.54) is 23.9 Å². The van der Waals surface area contributed by atoms with Crippen LogP contribution in [0.1, 0.15) is 24.9 Å². The van der Waals surface area contributed by atoms with Gasteiger partial charge in [0.2, 0.25) is 5.91 Å². The van der Waals surface area contributed by atoms with E-state index in [0.717, 1.165) is 10.5 Å². The quantitative estimate of drug-likeness (QED) is 0.764. The molecule has 2 rings (SSSR count). The van der Waals surface area contributed by atoms with Crippen molar-refractivity contribution < 1.29 is 9.18 Å². The molecule has 2 nitrogen and oxygen atoms in total. The van der Waals surface area contributed by atoms with Crippen LogP contribution in [-0.2, 0) is 4.79 Å². The molecule has 0 aliphatic rings. The summed E-state index contributed by atoms with van der Waals surface area (Å²) >= 11 is 7.38. The summed E-state index contributed by atoms with van der Waals surface area (Å²) < 4.78 is 12.8. The van der Waals surface area contributed by atoms with Gasteiger partial charge in [-0.2, -0.15) is 0 Å². The average Bonchev–Trinajstić information content (AvgIpc) is 2.50. The predicted molar refractivity (Wildman–Crippen MR) is 89.8 cm³/mol. The monoisotopic (exact) mass is 337 g/mol. The van der Waals surface area contributed by atoms with E-state index in [2.05, 4.69) is 5.32 Å². The fraction of sp³-hybridized carbons (Fsp3) is 0.235. The maximum Gasteiger partial charge on any atom is 0.221 e. The van der Waals surface area contributed by atoms with Crippen LogP contribution in [0.2, 0.25) is 5.02 Å². The minimum absolute atomic E-state index is 0.00272. The third-order valence-electron chi connectivity index (χ3n) is 3.16. The van der Waals surface area contributed by atoms with Crippen LogP contribution in [0.25, 0.3) is 0 Å². The molecule has 0 saturated heterocycles. The number of rotatable bonds is 6. The molecule has 0 aliphatic heterocycles. The largest absolute Gasteiger partial charge is 0.350 e. The SMILES string of the molecule is CC(NC(=O)CCSc1ccc(F)cc1)c1ccc(Cl)cc1. The van der Waals surface area contributed by atoms with Gasteiger partial charge in [-0.25, -0.2) is 4.39 Å². The molecular formula is C17H17ClFNOS. The zero-order valence-electron chi connectivity index (χ0n) is 12.2. The van der Waals surface area contributed by atoms with E-state index in [-0.39, 0.29) is 17.8 Å². The first-order valence-electron chi connectivity index (χ1n) is 6.98. The van der Waals surface area contributed by atoms with Crippen molar-refractivity contribution in [3.05, 3.63) is 64.9 Å². The molecule has 1 N–H and O–H groups in total.